The van der Waals surface area contributed by atoms with Crippen LogP contribution in [0, 0.1) is 0 Å². The predicted octanol–water partition coefficient (Wildman–Crippen LogP) is 1.19. The molecule has 1 amide bonds. The van der Waals surface area contributed by atoms with Crippen LogP contribution >= 0.6 is 0 Å². The van der Waals surface area contributed by atoms with Crippen LogP contribution in [0.15, 0.2) is 64.3 Å². The Morgan fingerprint density at radius 1 is 1.07 bits per heavy atom. The predicted molar refractivity (Wildman–Crippen MR) is 109 cm³/mol. The van der Waals surface area contributed by atoms with E-state index >= 15 is 0 Å². The molecule has 1 aromatic heterocycles. The van der Waals surface area contributed by atoms with Crippen LogP contribution in [0.4, 0.5) is 5.69 Å². The Morgan fingerprint density at radius 2 is 1.72 bits per heavy atom. The average Bonchev–Trinajstić information content (AvgIpc) is 2.97. The van der Waals surface area contributed by atoms with E-state index in [0.717, 1.165) is 5.56 Å². The van der Waals surface area contributed by atoms with Crippen molar-refractivity contribution in [1.29, 1.82) is 0 Å². The van der Waals surface area contributed by atoms with Crippen LogP contribution in [-0.4, -0.2) is 35.2 Å². The van der Waals surface area contributed by atoms with Gasteiger partial charge in [0.2, 0.25) is 15.9 Å². The molecule has 0 unspecified atom stereocenters. The van der Waals surface area contributed by atoms with Crippen molar-refractivity contribution in [2.24, 2.45) is 7.05 Å². The van der Waals surface area contributed by atoms with Crippen LogP contribution in [-0.2, 0) is 28.4 Å². The first-order valence-electron chi connectivity index (χ1n) is 8.84. The molecule has 0 bridgehead atoms. The Kier molecular flexibility index (Phi) is 5.95. The summed E-state index contributed by atoms with van der Waals surface area (Å²) in [6.45, 7) is 1.46. The molecule has 0 saturated heterocycles. The van der Waals surface area contributed by atoms with Crippen LogP contribution in [0.3, 0.4) is 0 Å². The Bertz CT molecular complexity index is 1170. The second kappa shape index (κ2) is 8.41. The van der Waals surface area contributed by atoms with E-state index in [9.17, 15) is 18.0 Å². The number of carbonyl (C=O) groups excluding carboxylic acids is 1. The van der Waals surface area contributed by atoms with Crippen LogP contribution < -0.4 is 15.7 Å². The number of aromatic nitrogens is 3. The van der Waals surface area contributed by atoms with E-state index < -0.39 is 10.0 Å². The summed E-state index contributed by atoms with van der Waals surface area (Å²) >= 11 is 0. The number of nitrogens with one attached hydrogen (secondary N) is 2. The molecule has 0 aliphatic rings. The molecule has 0 aliphatic heterocycles. The molecule has 0 spiro atoms. The first-order valence-corrected chi connectivity index (χ1v) is 10.3. The van der Waals surface area contributed by atoms with E-state index in [4.69, 9.17) is 0 Å². The van der Waals surface area contributed by atoms with Gasteiger partial charge in [0, 0.05) is 31.8 Å². The third-order valence-electron chi connectivity index (χ3n) is 4.17. The number of hydrogen-bond donors (Lipinski definition) is 2. The van der Waals surface area contributed by atoms with Crippen LogP contribution in [0.25, 0.3) is 11.4 Å². The van der Waals surface area contributed by atoms with Gasteiger partial charge in [-0.05, 0) is 24.3 Å². The highest BCUT2D eigenvalue weighted by atomic mass is 32.2. The van der Waals surface area contributed by atoms with Crippen LogP contribution in [0.1, 0.15) is 6.92 Å². The molecule has 152 valence electrons. The maximum atomic E-state index is 12.4. The van der Waals surface area contributed by atoms with Gasteiger partial charge in [-0.25, -0.2) is 22.6 Å². The molecule has 10 heteroatoms. The van der Waals surface area contributed by atoms with Gasteiger partial charge in [-0.1, -0.05) is 30.3 Å². The Hall–Kier alpha value is -3.24. The number of sulfonamides is 1. The molecule has 3 aromatic rings. The number of amides is 1. The van der Waals surface area contributed by atoms with E-state index in [1.165, 1.54) is 40.4 Å². The highest BCUT2D eigenvalue weighted by molar-refractivity contribution is 7.89. The number of rotatable bonds is 7. The van der Waals surface area contributed by atoms with E-state index in [1.807, 2.05) is 30.3 Å². The van der Waals surface area contributed by atoms with E-state index in [0.29, 0.717) is 11.5 Å². The average molecular weight is 415 g/mol. The summed E-state index contributed by atoms with van der Waals surface area (Å²) in [5.74, 6) is 0.265. The molecule has 29 heavy (non-hydrogen) atoms. The van der Waals surface area contributed by atoms with E-state index in [2.05, 4.69) is 15.1 Å². The summed E-state index contributed by atoms with van der Waals surface area (Å²) in [5.41, 5.74) is 0.971. The minimum absolute atomic E-state index is 0.000923. The van der Waals surface area contributed by atoms with Crippen molar-refractivity contribution in [3.63, 3.8) is 0 Å². The molecular formula is C19H21N5O4S. The standard InChI is InChI=1S/C19H21N5O4S/c1-14(25)21-16-8-10-17(11-9-16)29(27,28)20-12-13-24-19(26)23(2)18(22-24)15-6-4-3-5-7-15/h3-11,20H,12-13H2,1-2H3,(H,21,25). The van der Waals surface area contributed by atoms with Crippen LogP contribution in [0.5, 0.6) is 0 Å². The van der Waals surface area contributed by atoms with Crippen LogP contribution in [0.2, 0.25) is 0 Å². The lowest BCUT2D eigenvalue weighted by Gasteiger charge is -2.08. The van der Waals surface area contributed by atoms with Gasteiger partial charge in [-0.2, -0.15) is 0 Å². The lowest BCUT2D eigenvalue weighted by Crippen LogP contribution is -2.31. The zero-order chi connectivity index (χ0) is 21.0. The maximum absolute atomic E-state index is 12.4. The lowest BCUT2D eigenvalue weighted by molar-refractivity contribution is -0.114. The third kappa shape index (κ3) is 4.79. The summed E-state index contributed by atoms with van der Waals surface area (Å²) in [6, 6.07) is 15.1. The molecular weight excluding hydrogens is 394 g/mol. The van der Waals surface area contributed by atoms with Crippen molar-refractivity contribution in [3.8, 4) is 11.4 Å². The Morgan fingerprint density at radius 3 is 2.34 bits per heavy atom. The van der Waals surface area contributed by atoms with Crippen molar-refractivity contribution in [2.45, 2.75) is 18.4 Å². The molecule has 0 radical (unpaired) electrons. The highest BCUT2D eigenvalue weighted by Crippen LogP contribution is 2.15. The second-order valence-electron chi connectivity index (χ2n) is 6.36. The second-order valence-corrected chi connectivity index (χ2v) is 8.12. The monoisotopic (exact) mass is 415 g/mol. The molecule has 0 aliphatic carbocycles. The molecule has 2 N–H and O–H groups in total. The van der Waals surface area contributed by atoms with Gasteiger partial charge in [-0.15, -0.1) is 5.10 Å². The van der Waals surface area contributed by atoms with E-state index in [-0.39, 0.29) is 29.6 Å². The maximum Gasteiger partial charge on any atom is 0.345 e. The fourth-order valence-corrected chi connectivity index (χ4v) is 3.78. The highest BCUT2D eigenvalue weighted by Gasteiger charge is 2.15. The smallest absolute Gasteiger partial charge is 0.326 e. The molecule has 1 heterocycles. The summed E-state index contributed by atoms with van der Waals surface area (Å²) in [6.07, 6.45) is 0. The third-order valence-corrected chi connectivity index (χ3v) is 5.65. The number of benzene rings is 2. The topological polar surface area (TPSA) is 115 Å². The van der Waals surface area contributed by atoms with Gasteiger partial charge >= 0.3 is 5.69 Å². The largest absolute Gasteiger partial charge is 0.345 e. The van der Waals surface area contributed by atoms with Gasteiger partial charge < -0.3 is 5.32 Å². The molecule has 0 saturated carbocycles. The number of hydrogen-bond acceptors (Lipinski definition) is 5. The molecule has 0 fully saturated rings. The Balaban J connectivity index is 1.68. The van der Waals surface area contributed by atoms with Gasteiger partial charge in [-0.3, -0.25) is 9.36 Å². The first kappa shape index (κ1) is 20.5. The summed E-state index contributed by atoms with van der Waals surface area (Å²) in [4.78, 5) is 23.5. The summed E-state index contributed by atoms with van der Waals surface area (Å²) < 4.78 is 29.9. The minimum atomic E-state index is -3.76. The number of carbonyl (C=O) groups is 1. The molecule has 3 rings (SSSR count). The number of nitrogens with zero attached hydrogens (tertiary/aromatic N) is 3. The van der Waals surface area contributed by atoms with Crippen molar-refractivity contribution in [2.75, 3.05) is 11.9 Å². The van der Waals surface area contributed by atoms with Crippen molar-refractivity contribution < 1.29 is 13.2 Å². The fraction of sp³-hybridized carbons (Fsp3) is 0.211. The Labute approximate surface area is 168 Å². The molecule has 9 nitrogen and oxygen atoms in total. The van der Waals surface area contributed by atoms with Gasteiger partial charge in [0.1, 0.15) is 0 Å². The summed E-state index contributed by atoms with van der Waals surface area (Å²) in [7, 11) is -2.14. The lowest BCUT2D eigenvalue weighted by atomic mass is 10.2. The number of anilines is 1. The molecule has 0 atom stereocenters. The van der Waals surface area contributed by atoms with Gasteiger partial charge in [0.25, 0.3) is 0 Å². The van der Waals surface area contributed by atoms with Crippen molar-refractivity contribution in [3.05, 3.63) is 65.1 Å². The normalized spacial score (nSPS) is 11.4. The van der Waals surface area contributed by atoms with Gasteiger partial charge in [0.15, 0.2) is 5.82 Å². The van der Waals surface area contributed by atoms with Gasteiger partial charge in [0.05, 0.1) is 11.4 Å². The fourth-order valence-electron chi connectivity index (χ4n) is 2.76. The van der Waals surface area contributed by atoms with Crippen molar-refractivity contribution in [1.82, 2.24) is 19.1 Å². The summed E-state index contributed by atoms with van der Waals surface area (Å²) in [5, 5.41) is 6.88. The molecule has 2 aromatic carbocycles. The first-order chi connectivity index (χ1) is 13.8. The SMILES string of the molecule is CC(=O)Nc1ccc(S(=O)(=O)NCCn2nc(-c3ccccc3)n(C)c2=O)cc1. The minimum Gasteiger partial charge on any atom is -0.326 e. The zero-order valence-corrected chi connectivity index (χ0v) is 16.8. The quantitative estimate of drug-likeness (QED) is 0.601. The van der Waals surface area contributed by atoms with E-state index in [1.54, 1.807) is 7.05 Å². The zero-order valence-electron chi connectivity index (χ0n) is 16.0. The van der Waals surface area contributed by atoms with Crippen molar-refractivity contribution >= 4 is 21.6 Å².